The Bertz CT molecular complexity index is 296. The fourth-order valence-corrected chi connectivity index (χ4v) is 2.51. The topological polar surface area (TPSA) is 69.6 Å². The molecule has 4 unspecified atom stereocenters. The van der Waals surface area contributed by atoms with Crippen molar-refractivity contribution < 1.29 is 14.7 Å². The summed E-state index contributed by atoms with van der Waals surface area (Å²) in [6, 6.07) is -0.348. The number of likely N-dealkylation sites (tertiary alicyclic amines) is 1. The molecule has 17 heavy (non-hydrogen) atoms. The summed E-state index contributed by atoms with van der Waals surface area (Å²) in [6.07, 6.45) is 2.18. The zero-order valence-corrected chi connectivity index (χ0v) is 10.9. The second-order valence-corrected chi connectivity index (χ2v) is 4.97. The van der Waals surface area contributed by atoms with Crippen LogP contribution in [-0.4, -0.2) is 46.1 Å². The number of aliphatic carboxylic acids is 1. The van der Waals surface area contributed by atoms with Gasteiger partial charge in [-0.1, -0.05) is 0 Å². The minimum atomic E-state index is -1.01. The molecular formula is C12H22N2O3. The third-order valence-corrected chi connectivity index (χ3v) is 3.58. The van der Waals surface area contributed by atoms with Crippen molar-refractivity contribution in [1.29, 1.82) is 0 Å². The molecule has 0 radical (unpaired) electrons. The molecule has 0 aromatic carbocycles. The SMILES string of the molecule is CC(NC(=O)C(C)N1C(C)CCC1C)C(=O)O. The number of nitrogens with one attached hydrogen (secondary N) is 1. The zero-order valence-electron chi connectivity index (χ0n) is 10.9. The van der Waals surface area contributed by atoms with Crippen molar-refractivity contribution in [3.63, 3.8) is 0 Å². The number of hydrogen-bond donors (Lipinski definition) is 2. The molecule has 2 N–H and O–H groups in total. The summed E-state index contributed by atoms with van der Waals surface area (Å²) in [6.45, 7) is 7.52. The van der Waals surface area contributed by atoms with Crippen molar-refractivity contribution in [2.45, 2.75) is 64.7 Å². The molecule has 1 aliphatic heterocycles. The maximum atomic E-state index is 11.9. The molecular weight excluding hydrogens is 220 g/mol. The average Bonchev–Trinajstić information content (AvgIpc) is 2.57. The lowest BCUT2D eigenvalue weighted by Crippen LogP contribution is -2.52. The molecule has 0 aliphatic carbocycles. The van der Waals surface area contributed by atoms with Crippen LogP contribution in [0.15, 0.2) is 0 Å². The first-order chi connectivity index (χ1) is 7.84. The summed E-state index contributed by atoms with van der Waals surface area (Å²) < 4.78 is 0. The predicted molar refractivity (Wildman–Crippen MR) is 64.7 cm³/mol. The Kier molecular flexibility index (Phi) is 4.51. The smallest absolute Gasteiger partial charge is 0.325 e. The lowest BCUT2D eigenvalue weighted by molar-refractivity contribution is -0.142. The Hall–Kier alpha value is -1.10. The van der Waals surface area contributed by atoms with Crippen LogP contribution in [0.25, 0.3) is 0 Å². The van der Waals surface area contributed by atoms with Crippen LogP contribution < -0.4 is 5.32 Å². The summed E-state index contributed by atoms with van der Waals surface area (Å²) >= 11 is 0. The highest BCUT2D eigenvalue weighted by Gasteiger charge is 2.34. The van der Waals surface area contributed by atoms with Crippen molar-refractivity contribution in [2.75, 3.05) is 0 Å². The van der Waals surface area contributed by atoms with Gasteiger partial charge in [0.2, 0.25) is 5.91 Å². The van der Waals surface area contributed by atoms with Crippen molar-refractivity contribution in [2.24, 2.45) is 0 Å². The normalized spacial score (nSPS) is 28.7. The van der Waals surface area contributed by atoms with Gasteiger partial charge in [0, 0.05) is 12.1 Å². The fourth-order valence-electron chi connectivity index (χ4n) is 2.51. The van der Waals surface area contributed by atoms with E-state index >= 15 is 0 Å². The number of carboxylic acids is 1. The number of carboxylic acid groups (broad SMARTS) is 1. The zero-order chi connectivity index (χ0) is 13.2. The monoisotopic (exact) mass is 242 g/mol. The van der Waals surface area contributed by atoms with Gasteiger partial charge in [-0.15, -0.1) is 0 Å². The van der Waals surface area contributed by atoms with Crippen LogP contribution in [0.5, 0.6) is 0 Å². The molecule has 0 saturated carbocycles. The average molecular weight is 242 g/mol. The van der Waals surface area contributed by atoms with E-state index < -0.39 is 12.0 Å². The molecule has 1 amide bonds. The predicted octanol–water partition coefficient (Wildman–Crippen LogP) is 0.837. The molecule has 1 saturated heterocycles. The van der Waals surface area contributed by atoms with Crippen molar-refractivity contribution in [3.05, 3.63) is 0 Å². The molecule has 1 heterocycles. The number of rotatable bonds is 4. The van der Waals surface area contributed by atoms with E-state index in [0.717, 1.165) is 12.8 Å². The summed E-state index contributed by atoms with van der Waals surface area (Å²) in [5, 5.41) is 11.3. The van der Waals surface area contributed by atoms with Crippen LogP contribution in [0, 0.1) is 0 Å². The largest absolute Gasteiger partial charge is 0.480 e. The number of carbonyl (C=O) groups is 2. The second kappa shape index (κ2) is 5.49. The first-order valence-corrected chi connectivity index (χ1v) is 6.15. The lowest BCUT2D eigenvalue weighted by atomic mass is 10.2. The van der Waals surface area contributed by atoms with Gasteiger partial charge < -0.3 is 10.4 Å². The van der Waals surface area contributed by atoms with E-state index in [0.29, 0.717) is 12.1 Å². The molecule has 0 aromatic heterocycles. The number of carbonyl (C=O) groups excluding carboxylic acids is 1. The van der Waals surface area contributed by atoms with E-state index in [1.54, 1.807) is 0 Å². The summed E-state index contributed by atoms with van der Waals surface area (Å²) in [5.74, 6) is -1.21. The molecule has 1 aliphatic rings. The summed E-state index contributed by atoms with van der Waals surface area (Å²) in [4.78, 5) is 24.8. The molecule has 0 aromatic rings. The summed E-state index contributed by atoms with van der Waals surface area (Å²) in [5.41, 5.74) is 0. The van der Waals surface area contributed by atoms with Gasteiger partial charge >= 0.3 is 5.97 Å². The van der Waals surface area contributed by atoms with Crippen LogP contribution in [0.3, 0.4) is 0 Å². The van der Waals surface area contributed by atoms with Gasteiger partial charge in [-0.05, 0) is 40.5 Å². The standard InChI is InChI=1S/C12H22N2O3/c1-7-5-6-8(2)14(7)10(4)11(15)13-9(3)12(16)17/h7-10H,5-6H2,1-4H3,(H,13,15)(H,16,17). The number of amides is 1. The first kappa shape index (κ1) is 14.0. The van der Waals surface area contributed by atoms with Gasteiger partial charge in [-0.25, -0.2) is 0 Å². The Morgan fingerprint density at radius 3 is 2.12 bits per heavy atom. The third kappa shape index (κ3) is 3.19. The molecule has 1 fully saturated rings. The van der Waals surface area contributed by atoms with E-state index in [9.17, 15) is 9.59 Å². The Morgan fingerprint density at radius 2 is 1.71 bits per heavy atom. The van der Waals surface area contributed by atoms with Gasteiger partial charge in [0.25, 0.3) is 0 Å². The maximum absolute atomic E-state index is 11.9. The summed E-state index contributed by atoms with van der Waals surface area (Å²) in [7, 11) is 0. The van der Waals surface area contributed by atoms with Crippen LogP contribution in [0.2, 0.25) is 0 Å². The number of nitrogens with zero attached hydrogens (tertiary/aromatic N) is 1. The van der Waals surface area contributed by atoms with Crippen LogP contribution in [0.4, 0.5) is 0 Å². The molecule has 4 atom stereocenters. The van der Waals surface area contributed by atoms with Gasteiger partial charge in [-0.3, -0.25) is 14.5 Å². The number of hydrogen-bond acceptors (Lipinski definition) is 3. The van der Waals surface area contributed by atoms with Crippen LogP contribution in [0.1, 0.15) is 40.5 Å². The van der Waals surface area contributed by atoms with Crippen molar-refractivity contribution in [3.8, 4) is 0 Å². The highest BCUT2D eigenvalue weighted by molar-refractivity contribution is 5.86. The van der Waals surface area contributed by atoms with Crippen LogP contribution >= 0.6 is 0 Å². The quantitative estimate of drug-likeness (QED) is 0.766. The molecule has 0 bridgehead atoms. The molecule has 5 heteroatoms. The fraction of sp³-hybridized carbons (Fsp3) is 0.833. The highest BCUT2D eigenvalue weighted by atomic mass is 16.4. The minimum Gasteiger partial charge on any atom is -0.480 e. The van der Waals surface area contributed by atoms with Gasteiger partial charge in [0.05, 0.1) is 6.04 Å². The van der Waals surface area contributed by atoms with E-state index in [1.807, 2.05) is 6.92 Å². The van der Waals surface area contributed by atoms with E-state index in [4.69, 9.17) is 5.11 Å². The van der Waals surface area contributed by atoms with Crippen molar-refractivity contribution >= 4 is 11.9 Å². The van der Waals surface area contributed by atoms with Crippen molar-refractivity contribution in [1.82, 2.24) is 10.2 Å². The van der Waals surface area contributed by atoms with Gasteiger partial charge in [0.15, 0.2) is 0 Å². The minimum absolute atomic E-state index is 0.208. The van der Waals surface area contributed by atoms with Crippen LogP contribution in [-0.2, 0) is 9.59 Å². The first-order valence-electron chi connectivity index (χ1n) is 6.15. The van der Waals surface area contributed by atoms with E-state index in [-0.39, 0.29) is 11.9 Å². The maximum Gasteiger partial charge on any atom is 0.325 e. The third-order valence-electron chi connectivity index (χ3n) is 3.58. The Balaban J connectivity index is 2.60. The second-order valence-electron chi connectivity index (χ2n) is 4.97. The van der Waals surface area contributed by atoms with Gasteiger partial charge in [0.1, 0.15) is 6.04 Å². The highest BCUT2D eigenvalue weighted by Crippen LogP contribution is 2.25. The Labute approximate surface area is 102 Å². The lowest BCUT2D eigenvalue weighted by Gasteiger charge is -2.32. The van der Waals surface area contributed by atoms with E-state index in [1.165, 1.54) is 6.92 Å². The molecule has 1 rings (SSSR count). The van der Waals surface area contributed by atoms with Gasteiger partial charge in [-0.2, -0.15) is 0 Å². The molecule has 0 spiro atoms. The van der Waals surface area contributed by atoms with E-state index in [2.05, 4.69) is 24.1 Å². The Morgan fingerprint density at radius 1 is 1.24 bits per heavy atom. The molecule has 5 nitrogen and oxygen atoms in total. The molecule has 98 valence electrons.